The molecule has 1 atom stereocenters. The average Bonchev–Trinajstić information content (AvgIpc) is 2.48. The van der Waals surface area contributed by atoms with Crippen molar-refractivity contribution in [3.8, 4) is 0 Å². The first-order valence-electron chi connectivity index (χ1n) is 4.22. The van der Waals surface area contributed by atoms with Gasteiger partial charge in [-0.05, 0) is 6.92 Å². The molecular formula is C6H12N4O4S2. The molecule has 0 saturated heterocycles. The van der Waals surface area contributed by atoms with Crippen LogP contribution in [0.2, 0.25) is 0 Å². The molecule has 1 unspecified atom stereocenters. The smallest absolute Gasteiger partial charge is 0.226 e. The molecule has 0 radical (unpaired) electrons. The number of nitrogens with zero attached hydrogens (tertiary/aromatic N) is 2. The van der Waals surface area contributed by atoms with Crippen LogP contribution >= 0.6 is 0 Å². The first kappa shape index (κ1) is 13.1. The number of nitrogens with one attached hydrogen (secondary N) is 2. The number of sulfonamides is 1. The van der Waals surface area contributed by atoms with Gasteiger partial charge in [0.1, 0.15) is 12.2 Å². The van der Waals surface area contributed by atoms with Crippen LogP contribution in [0.4, 0.5) is 0 Å². The maximum absolute atomic E-state index is 11.4. The standard InChI is InChI=1S/C6H12N4O4S2/c1-5(6-7-3-8-9-6)10-16(13,14)4-15(2,11)12/h3,5,10H,4H2,1-2H3,(H,7,8,9). The molecule has 8 nitrogen and oxygen atoms in total. The number of rotatable bonds is 5. The van der Waals surface area contributed by atoms with Crippen LogP contribution in [-0.4, -0.2) is 43.4 Å². The molecule has 0 fully saturated rings. The number of aromatic amines is 1. The van der Waals surface area contributed by atoms with Crippen LogP contribution in [0.1, 0.15) is 18.8 Å². The van der Waals surface area contributed by atoms with Gasteiger partial charge in [0.05, 0.1) is 6.04 Å². The lowest BCUT2D eigenvalue weighted by Crippen LogP contribution is -2.32. The van der Waals surface area contributed by atoms with Gasteiger partial charge >= 0.3 is 0 Å². The van der Waals surface area contributed by atoms with Crippen LogP contribution in [-0.2, 0) is 19.9 Å². The third-order valence-corrected chi connectivity index (χ3v) is 5.24. The second-order valence-electron chi connectivity index (χ2n) is 3.37. The molecule has 0 aliphatic heterocycles. The summed E-state index contributed by atoms with van der Waals surface area (Å²) < 4.78 is 46.7. The lowest BCUT2D eigenvalue weighted by molar-refractivity contribution is 0.562. The Morgan fingerprint density at radius 3 is 2.50 bits per heavy atom. The molecule has 16 heavy (non-hydrogen) atoms. The number of H-pyrrole nitrogens is 1. The number of hydrogen-bond acceptors (Lipinski definition) is 6. The van der Waals surface area contributed by atoms with E-state index in [0.717, 1.165) is 6.26 Å². The molecular weight excluding hydrogens is 256 g/mol. The van der Waals surface area contributed by atoms with Crippen molar-refractivity contribution in [1.82, 2.24) is 19.9 Å². The second-order valence-corrected chi connectivity index (χ2v) is 7.63. The van der Waals surface area contributed by atoms with Crippen LogP contribution in [0, 0.1) is 0 Å². The quantitative estimate of drug-likeness (QED) is 0.690. The molecule has 2 N–H and O–H groups in total. The number of aromatic nitrogens is 3. The van der Waals surface area contributed by atoms with E-state index in [9.17, 15) is 16.8 Å². The largest absolute Gasteiger partial charge is 0.262 e. The Morgan fingerprint density at radius 1 is 1.44 bits per heavy atom. The summed E-state index contributed by atoms with van der Waals surface area (Å²) in [6.45, 7) is 1.53. The van der Waals surface area contributed by atoms with E-state index < -0.39 is 31.0 Å². The van der Waals surface area contributed by atoms with Crippen LogP contribution in [0.5, 0.6) is 0 Å². The van der Waals surface area contributed by atoms with E-state index in [4.69, 9.17) is 0 Å². The van der Waals surface area contributed by atoms with E-state index in [0.29, 0.717) is 5.82 Å². The van der Waals surface area contributed by atoms with Crippen LogP contribution in [0.15, 0.2) is 6.33 Å². The molecule has 1 rings (SSSR count). The van der Waals surface area contributed by atoms with Crippen molar-refractivity contribution in [3.05, 3.63) is 12.2 Å². The van der Waals surface area contributed by atoms with Crippen LogP contribution in [0.3, 0.4) is 0 Å². The van der Waals surface area contributed by atoms with Gasteiger partial charge in [0.15, 0.2) is 14.9 Å². The molecule has 0 saturated carbocycles. The van der Waals surface area contributed by atoms with E-state index in [2.05, 4.69) is 19.9 Å². The maximum atomic E-state index is 11.4. The minimum atomic E-state index is -3.89. The lowest BCUT2D eigenvalue weighted by Gasteiger charge is -2.10. The minimum absolute atomic E-state index is 0.317. The Bertz CT molecular complexity index is 533. The molecule has 1 aromatic heterocycles. The van der Waals surface area contributed by atoms with Gasteiger partial charge in [0, 0.05) is 6.26 Å². The highest BCUT2D eigenvalue weighted by atomic mass is 32.3. The third kappa shape index (κ3) is 4.24. The van der Waals surface area contributed by atoms with Crippen LogP contribution in [0.25, 0.3) is 0 Å². The van der Waals surface area contributed by atoms with Crippen molar-refractivity contribution in [2.24, 2.45) is 0 Å². The molecule has 0 aromatic carbocycles. The lowest BCUT2D eigenvalue weighted by atomic mass is 10.3. The van der Waals surface area contributed by atoms with Gasteiger partial charge < -0.3 is 0 Å². The maximum Gasteiger partial charge on any atom is 0.226 e. The van der Waals surface area contributed by atoms with Gasteiger partial charge in [-0.25, -0.2) is 26.5 Å². The second kappa shape index (κ2) is 4.47. The van der Waals surface area contributed by atoms with Crippen molar-refractivity contribution in [3.63, 3.8) is 0 Å². The summed E-state index contributed by atoms with van der Waals surface area (Å²) in [4.78, 5) is 3.75. The predicted octanol–water partition coefficient (Wildman–Crippen LogP) is -1.21. The zero-order valence-electron chi connectivity index (χ0n) is 8.71. The van der Waals surface area contributed by atoms with Gasteiger partial charge in [0.2, 0.25) is 10.0 Å². The van der Waals surface area contributed by atoms with Crippen molar-refractivity contribution in [2.75, 3.05) is 11.3 Å². The van der Waals surface area contributed by atoms with E-state index in [-0.39, 0.29) is 0 Å². The first-order chi connectivity index (χ1) is 7.20. The van der Waals surface area contributed by atoms with Gasteiger partial charge in [-0.3, -0.25) is 5.10 Å². The summed E-state index contributed by atoms with van der Waals surface area (Å²) in [6, 6.07) is -0.658. The Morgan fingerprint density at radius 2 is 2.06 bits per heavy atom. The normalized spacial score (nSPS) is 14.9. The highest BCUT2D eigenvalue weighted by Crippen LogP contribution is 2.07. The molecule has 10 heteroatoms. The first-order valence-corrected chi connectivity index (χ1v) is 7.94. The molecule has 0 aliphatic carbocycles. The van der Waals surface area contributed by atoms with Crippen molar-refractivity contribution >= 4 is 19.9 Å². The van der Waals surface area contributed by atoms with E-state index in [1.54, 1.807) is 0 Å². The van der Waals surface area contributed by atoms with E-state index >= 15 is 0 Å². The molecule has 92 valence electrons. The van der Waals surface area contributed by atoms with E-state index in [1.807, 2.05) is 0 Å². The molecule has 0 spiro atoms. The SMILES string of the molecule is CC(NS(=O)(=O)CS(C)(=O)=O)c1ncn[nH]1. The Labute approximate surface area is 93.4 Å². The molecule has 1 aromatic rings. The summed E-state index contributed by atoms with van der Waals surface area (Å²) in [5.41, 5.74) is 0. The van der Waals surface area contributed by atoms with Crippen molar-refractivity contribution in [1.29, 1.82) is 0 Å². The fourth-order valence-electron chi connectivity index (χ4n) is 1.06. The molecule has 0 amide bonds. The van der Waals surface area contributed by atoms with Gasteiger partial charge in [-0.15, -0.1) is 0 Å². The fourth-order valence-corrected chi connectivity index (χ4v) is 4.24. The Hall–Kier alpha value is -1.00. The highest BCUT2D eigenvalue weighted by molar-refractivity contribution is 8.06. The zero-order valence-corrected chi connectivity index (χ0v) is 10.3. The summed E-state index contributed by atoms with van der Waals surface area (Å²) >= 11 is 0. The Kier molecular flexibility index (Phi) is 3.65. The topological polar surface area (TPSA) is 122 Å². The summed E-state index contributed by atoms with van der Waals surface area (Å²) in [5, 5.41) is 5.10. The summed E-state index contributed by atoms with van der Waals surface area (Å²) in [7, 11) is -7.48. The fraction of sp³-hybridized carbons (Fsp3) is 0.667. The summed E-state index contributed by atoms with van der Waals surface area (Å²) in [6.07, 6.45) is 2.09. The van der Waals surface area contributed by atoms with E-state index in [1.165, 1.54) is 13.3 Å². The van der Waals surface area contributed by atoms with Crippen molar-refractivity contribution in [2.45, 2.75) is 13.0 Å². The zero-order chi connectivity index (χ0) is 12.4. The minimum Gasteiger partial charge on any atom is -0.262 e. The van der Waals surface area contributed by atoms with Crippen LogP contribution < -0.4 is 4.72 Å². The highest BCUT2D eigenvalue weighted by Gasteiger charge is 2.22. The molecule has 0 aliphatic rings. The third-order valence-electron chi connectivity index (χ3n) is 1.57. The van der Waals surface area contributed by atoms with Gasteiger partial charge in [-0.1, -0.05) is 0 Å². The number of hydrogen-bond donors (Lipinski definition) is 2. The predicted molar refractivity (Wildman–Crippen MR) is 56.6 cm³/mol. The van der Waals surface area contributed by atoms with Gasteiger partial charge in [0.25, 0.3) is 0 Å². The van der Waals surface area contributed by atoms with Crippen molar-refractivity contribution < 1.29 is 16.8 Å². The molecule has 1 heterocycles. The molecule has 0 bridgehead atoms. The van der Waals surface area contributed by atoms with Gasteiger partial charge in [-0.2, -0.15) is 5.10 Å². The monoisotopic (exact) mass is 268 g/mol. The Balaban J connectivity index is 2.74. The average molecular weight is 268 g/mol. The number of sulfone groups is 1. The summed E-state index contributed by atoms with van der Waals surface area (Å²) in [5.74, 6) is 0.317.